The van der Waals surface area contributed by atoms with Gasteiger partial charge >= 0.3 is 5.97 Å². The van der Waals surface area contributed by atoms with E-state index < -0.39 is 0 Å². The van der Waals surface area contributed by atoms with Crippen LogP contribution in [0.5, 0.6) is 11.5 Å². The molecule has 0 heterocycles. The summed E-state index contributed by atoms with van der Waals surface area (Å²) in [6.45, 7) is 2.11. The SMILES string of the molecule is CCOC(=O)c1ccc(Sc2ccc(O)c(O)c2)cc1. The highest BCUT2D eigenvalue weighted by atomic mass is 32.2. The van der Waals surface area contributed by atoms with Crippen LogP contribution in [0.2, 0.25) is 0 Å². The lowest BCUT2D eigenvalue weighted by atomic mass is 10.2. The van der Waals surface area contributed by atoms with Gasteiger partial charge in [-0.1, -0.05) is 11.8 Å². The Kier molecular flexibility index (Phi) is 4.53. The highest BCUT2D eigenvalue weighted by Gasteiger charge is 2.07. The monoisotopic (exact) mass is 290 g/mol. The van der Waals surface area contributed by atoms with Gasteiger partial charge in [-0.3, -0.25) is 0 Å². The molecule has 0 spiro atoms. The summed E-state index contributed by atoms with van der Waals surface area (Å²) in [5.74, 6) is -0.642. The van der Waals surface area contributed by atoms with Crippen LogP contribution < -0.4 is 0 Å². The molecule has 0 atom stereocenters. The summed E-state index contributed by atoms with van der Waals surface area (Å²) in [6, 6.07) is 11.6. The zero-order chi connectivity index (χ0) is 14.5. The fourth-order valence-electron chi connectivity index (χ4n) is 1.58. The van der Waals surface area contributed by atoms with Crippen molar-refractivity contribution in [3.8, 4) is 11.5 Å². The molecule has 0 fully saturated rings. The van der Waals surface area contributed by atoms with E-state index in [9.17, 15) is 15.0 Å². The van der Waals surface area contributed by atoms with E-state index in [4.69, 9.17) is 4.74 Å². The van der Waals surface area contributed by atoms with Gasteiger partial charge in [-0.2, -0.15) is 0 Å². The molecule has 2 aromatic rings. The molecule has 2 aromatic carbocycles. The quantitative estimate of drug-likeness (QED) is 0.667. The van der Waals surface area contributed by atoms with Crippen molar-refractivity contribution in [1.29, 1.82) is 0 Å². The van der Waals surface area contributed by atoms with Crippen molar-refractivity contribution < 1.29 is 19.7 Å². The van der Waals surface area contributed by atoms with Gasteiger partial charge in [0.25, 0.3) is 0 Å². The smallest absolute Gasteiger partial charge is 0.338 e. The second-order valence-electron chi connectivity index (χ2n) is 4.00. The van der Waals surface area contributed by atoms with Gasteiger partial charge < -0.3 is 14.9 Å². The highest BCUT2D eigenvalue weighted by Crippen LogP contribution is 2.34. The lowest BCUT2D eigenvalue weighted by Crippen LogP contribution is -2.03. The normalized spacial score (nSPS) is 10.2. The summed E-state index contributed by atoms with van der Waals surface area (Å²) in [7, 11) is 0. The molecule has 104 valence electrons. The van der Waals surface area contributed by atoms with Crippen LogP contribution in [-0.2, 0) is 4.74 Å². The van der Waals surface area contributed by atoms with Gasteiger partial charge in [0, 0.05) is 9.79 Å². The Labute approximate surface area is 121 Å². The fourth-order valence-corrected chi connectivity index (χ4v) is 2.43. The molecule has 0 aromatic heterocycles. The van der Waals surface area contributed by atoms with Crippen LogP contribution in [0.15, 0.2) is 52.3 Å². The number of carbonyl (C=O) groups excluding carboxylic acids is 1. The molecule has 0 saturated carbocycles. The van der Waals surface area contributed by atoms with E-state index >= 15 is 0 Å². The average molecular weight is 290 g/mol. The molecule has 20 heavy (non-hydrogen) atoms. The molecule has 0 radical (unpaired) electrons. The van der Waals surface area contributed by atoms with E-state index in [0.717, 1.165) is 9.79 Å². The number of benzene rings is 2. The molecule has 2 N–H and O–H groups in total. The number of rotatable bonds is 4. The molecule has 4 nitrogen and oxygen atoms in total. The first-order valence-electron chi connectivity index (χ1n) is 6.07. The minimum Gasteiger partial charge on any atom is -0.504 e. The third kappa shape index (κ3) is 3.45. The van der Waals surface area contributed by atoms with Gasteiger partial charge in [-0.15, -0.1) is 0 Å². The van der Waals surface area contributed by atoms with E-state index in [0.29, 0.717) is 12.2 Å². The average Bonchev–Trinajstić information content (AvgIpc) is 2.44. The Morgan fingerprint density at radius 3 is 2.30 bits per heavy atom. The topological polar surface area (TPSA) is 66.8 Å². The van der Waals surface area contributed by atoms with Crippen molar-refractivity contribution in [3.63, 3.8) is 0 Å². The van der Waals surface area contributed by atoms with E-state index in [-0.39, 0.29) is 17.5 Å². The molecule has 0 amide bonds. The van der Waals surface area contributed by atoms with Gasteiger partial charge in [-0.25, -0.2) is 4.79 Å². The zero-order valence-electron chi connectivity index (χ0n) is 10.9. The van der Waals surface area contributed by atoms with Crippen LogP contribution in [0.3, 0.4) is 0 Å². The van der Waals surface area contributed by atoms with E-state index in [1.165, 1.54) is 23.9 Å². The number of phenols is 2. The molecule has 0 saturated heterocycles. The van der Waals surface area contributed by atoms with Crippen molar-refractivity contribution >= 4 is 17.7 Å². The van der Waals surface area contributed by atoms with Crippen LogP contribution in [-0.4, -0.2) is 22.8 Å². The Balaban J connectivity index is 2.10. The number of phenolic OH excluding ortho intramolecular Hbond substituents is 2. The number of hydrogen-bond donors (Lipinski definition) is 2. The minimum absolute atomic E-state index is 0.146. The number of esters is 1. The predicted octanol–water partition coefficient (Wildman–Crippen LogP) is 3.43. The Morgan fingerprint density at radius 2 is 1.70 bits per heavy atom. The standard InChI is InChI=1S/C15H14O4S/c1-2-19-15(18)10-3-5-11(6-4-10)20-12-7-8-13(16)14(17)9-12/h3-9,16-17H,2H2,1H3. The lowest BCUT2D eigenvalue weighted by Gasteiger charge is -2.05. The van der Waals surface area contributed by atoms with Gasteiger partial charge in [0.05, 0.1) is 12.2 Å². The maximum atomic E-state index is 11.5. The summed E-state index contributed by atoms with van der Waals surface area (Å²) in [6.07, 6.45) is 0. The summed E-state index contributed by atoms with van der Waals surface area (Å²) in [5.41, 5.74) is 0.504. The Morgan fingerprint density at radius 1 is 1.05 bits per heavy atom. The van der Waals surface area contributed by atoms with Crippen LogP contribution in [0.4, 0.5) is 0 Å². The maximum Gasteiger partial charge on any atom is 0.338 e. The van der Waals surface area contributed by atoms with Crippen LogP contribution in [0.1, 0.15) is 17.3 Å². The maximum absolute atomic E-state index is 11.5. The molecule has 0 unspecified atom stereocenters. The summed E-state index contributed by atoms with van der Waals surface area (Å²) < 4.78 is 4.91. The van der Waals surface area contributed by atoms with E-state index in [2.05, 4.69) is 0 Å². The third-order valence-corrected chi connectivity index (χ3v) is 3.55. The fraction of sp³-hybridized carbons (Fsp3) is 0.133. The highest BCUT2D eigenvalue weighted by molar-refractivity contribution is 7.99. The van der Waals surface area contributed by atoms with Crippen LogP contribution >= 0.6 is 11.8 Å². The Hall–Kier alpha value is -2.14. The van der Waals surface area contributed by atoms with Crippen molar-refractivity contribution in [2.45, 2.75) is 16.7 Å². The van der Waals surface area contributed by atoms with Gasteiger partial charge in [0.1, 0.15) is 0 Å². The molecule has 0 aliphatic carbocycles. The molecular weight excluding hydrogens is 276 g/mol. The molecule has 0 aliphatic rings. The largest absolute Gasteiger partial charge is 0.504 e. The summed E-state index contributed by atoms with van der Waals surface area (Å²) >= 11 is 1.42. The number of ether oxygens (including phenoxy) is 1. The number of carbonyl (C=O) groups is 1. The van der Waals surface area contributed by atoms with Crippen molar-refractivity contribution in [2.75, 3.05) is 6.61 Å². The van der Waals surface area contributed by atoms with Gasteiger partial charge in [0.2, 0.25) is 0 Å². The van der Waals surface area contributed by atoms with Crippen molar-refractivity contribution in [2.24, 2.45) is 0 Å². The lowest BCUT2D eigenvalue weighted by molar-refractivity contribution is 0.0526. The van der Waals surface area contributed by atoms with Crippen molar-refractivity contribution in [3.05, 3.63) is 48.0 Å². The second-order valence-corrected chi connectivity index (χ2v) is 5.14. The van der Waals surface area contributed by atoms with Crippen molar-refractivity contribution in [1.82, 2.24) is 0 Å². The second kappa shape index (κ2) is 6.34. The first-order chi connectivity index (χ1) is 9.60. The molecule has 2 rings (SSSR count). The number of aromatic hydroxyl groups is 2. The van der Waals surface area contributed by atoms with E-state index in [1.807, 2.05) is 0 Å². The van der Waals surface area contributed by atoms with Crippen LogP contribution in [0, 0.1) is 0 Å². The first-order valence-corrected chi connectivity index (χ1v) is 6.89. The first kappa shape index (κ1) is 14.3. The van der Waals surface area contributed by atoms with Gasteiger partial charge in [-0.05, 0) is 49.4 Å². The molecular formula is C15H14O4S. The predicted molar refractivity (Wildman–Crippen MR) is 76.3 cm³/mol. The molecule has 5 heteroatoms. The minimum atomic E-state index is -0.341. The summed E-state index contributed by atoms with van der Waals surface area (Å²) in [5, 5.41) is 18.7. The number of hydrogen-bond acceptors (Lipinski definition) is 5. The Bertz CT molecular complexity index is 608. The third-order valence-electron chi connectivity index (χ3n) is 2.55. The molecule has 0 bridgehead atoms. The van der Waals surface area contributed by atoms with E-state index in [1.54, 1.807) is 37.3 Å². The molecule has 0 aliphatic heterocycles. The zero-order valence-corrected chi connectivity index (χ0v) is 11.7. The van der Waals surface area contributed by atoms with Crippen LogP contribution in [0.25, 0.3) is 0 Å². The summed E-state index contributed by atoms with van der Waals surface area (Å²) in [4.78, 5) is 13.2. The van der Waals surface area contributed by atoms with Gasteiger partial charge in [0.15, 0.2) is 11.5 Å².